The molecule has 0 spiro atoms. The van der Waals surface area contributed by atoms with Gasteiger partial charge in [-0.3, -0.25) is 4.79 Å². The molecular weight excluding hydrogens is 288 g/mol. The van der Waals surface area contributed by atoms with Gasteiger partial charge in [0.1, 0.15) is 12.1 Å². The van der Waals surface area contributed by atoms with Crippen molar-refractivity contribution in [3.8, 4) is 0 Å². The standard InChI is InChI=1S/C15H18N2O5/c1-10(13(18)17-9-5-8-12(17)14(19)20)16-22-15(21)11-6-3-2-4-7-11/h2-4,6-7,10,12,16H,5,8-9H2,1H3,(H,19,20)/t10-,12-/m0/s1. The van der Waals surface area contributed by atoms with E-state index >= 15 is 0 Å². The molecule has 1 aliphatic heterocycles. The molecule has 0 radical (unpaired) electrons. The van der Waals surface area contributed by atoms with Crippen LogP contribution in [0.2, 0.25) is 0 Å². The van der Waals surface area contributed by atoms with E-state index < -0.39 is 29.9 Å². The average Bonchev–Trinajstić information content (AvgIpc) is 3.02. The van der Waals surface area contributed by atoms with Gasteiger partial charge in [-0.25, -0.2) is 9.59 Å². The first kappa shape index (κ1) is 16.0. The van der Waals surface area contributed by atoms with Gasteiger partial charge in [0.25, 0.3) is 0 Å². The minimum atomic E-state index is -1.01. The summed E-state index contributed by atoms with van der Waals surface area (Å²) in [6, 6.07) is 6.75. The molecule has 0 saturated carbocycles. The first-order valence-electron chi connectivity index (χ1n) is 7.05. The lowest BCUT2D eigenvalue weighted by Gasteiger charge is -2.24. The molecule has 1 heterocycles. The van der Waals surface area contributed by atoms with E-state index in [1.165, 1.54) is 11.8 Å². The third-order valence-corrected chi connectivity index (χ3v) is 3.53. The van der Waals surface area contributed by atoms with Crippen LogP contribution in [-0.4, -0.2) is 46.5 Å². The van der Waals surface area contributed by atoms with E-state index in [1.807, 2.05) is 0 Å². The van der Waals surface area contributed by atoms with Gasteiger partial charge >= 0.3 is 11.9 Å². The third-order valence-electron chi connectivity index (χ3n) is 3.53. The summed E-state index contributed by atoms with van der Waals surface area (Å²) in [5.41, 5.74) is 2.74. The van der Waals surface area contributed by atoms with Crippen LogP contribution in [0, 0.1) is 0 Å². The predicted octanol–water partition coefficient (Wildman–Crippen LogP) is 0.812. The molecule has 1 aromatic rings. The van der Waals surface area contributed by atoms with Crippen LogP contribution in [-0.2, 0) is 14.4 Å². The number of nitrogens with zero attached hydrogens (tertiary/aromatic N) is 1. The molecule has 2 rings (SSSR count). The lowest BCUT2D eigenvalue weighted by molar-refractivity contribution is -0.150. The zero-order chi connectivity index (χ0) is 16.1. The van der Waals surface area contributed by atoms with Crippen molar-refractivity contribution >= 4 is 17.8 Å². The molecule has 1 aliphatic rings. The van der Waals surface area contributed by atoms with Crippen LogP contribution in [0.15, 0.2) is 30.3 Å². The van der Waals surface area contributed by atoms with E-state index in [1.54, 1.807) is 30.3 Å². The van der Waals surface area contributed by atoms with Gasteiger partial charge in [0.15, 0.2) is 0 Å². The van der Waals surface area contributed by atoms with Gasteiger partial charge in [-0.1, -0.05) is 18.2 Å². The number of carbonyl (C=O) groups is 3. The highest BCUT2D eigenvalue weighted by Crippen LogP contribution is 2.18. The highest BCUT2D eigenvalue weighted by Gasteiger charge is 2.36. The van der Waals surface area contributed by atoms with Gasteiger partial charge in [-0.05, 0) is 31.9 Å². The summed E-state index contributed by atoms with van der Waals surface area (Å²) in [4.78, 5) is 41.3. The summed E-state index contributed by atoms with van der Waals surface area (Å²) < 4.78 is 0. The molecule has 1 aromatic carbocycles. The van der Waals surface area contributed by atoms with Crippen molar-refractivity contribution in [3.05, 3.63) is 35.9 Å². The van der Waals surface area contributed by atoms with Crippen LogP contribution in [0.25, 0.3) is 0 Å². The van der Waals surface area contributed by atoms with Crippen LogP contribution < -0.4 is 5.48 Å². The highest BCUT2D eigenvalue weighted by atomic mass is 16.7. The summed E-state index contributed by atoms with van der Waals surface area (Å²) in [5.74, 6) is -2.01. The van der Waals surface area contributed by atoms with Crippen LogP contribution in [0.3, 0.4) is 0 Å². The number of hydroxylamine groups is 1. The number of aliphatic carboxylic acids is 1. The molecule has 7 nitrogen and oxygen atoms in total. The number of rotatable bonds is 5. The maximum Gasteiger partial charge on any atom is 0.356 e. The Kier molecular flexibility index (Phi) is 5.11. The molecule has 118 valence electrons. The Labute approximate surface area is 127 Å². The minimum Gasteiger partial charge on any atom is -0.480 e. The van der Waals surface area contributed by atoms with Gasteiger partial charge in [-0.15, -0.1) is 5.48 Å². The molecular formula is C15H18N2O5. The van der Waals surface area contributed by atoms with Gasteiger partial charge < -0.3 is 14.8 Å². The number of carboxylic acids is 1. The maximum absolute atomic E-state index is 12.2. The molecule has 0 aromatic heterocycles. The van der Waals surface area contributed by atoms with Crippen molar-refractivity contribution < 1.29 is 24.3 Å². The number of benzene rings is 1. The van der Waals surface area contributed by atoms with Crippen molar-refractivity contribution in [2.75, 3.05) is 6.54 Å². The lowest BCUT2D eigenvalue weighted by atomic mass is 10.2. The maximum atomic E-state index is 12.2. The van der Waals surface area contributed by atoms with E-state index in [2.05, 4.69) is 5.48 Å². The topological polar surface area (TPSA) is 95.9 Å². The Morgan fingerprint density at radius 2 is 2.00 bits per heavy atom. The smallest absolute Gasteiger partial charge is 0.356 e. The zero-order valence-electron chi connectivity index (χ0n) is 12.2. The number of carboxylic acid groups (broad SMARTS) is 1. The van der Waals surface area contributed by atoms with E-state index in [9.17, 15) is 14.4 Å². The third kappa shape index (κ3) is 3.62. The molecule has 1 amide bonds. The summed E-state index contributed by atoms with van der Waals surface area (Å²) in [6.07, 6.45) is 1.09. The molecule has 2 N–H and O–H groups in total. The summed E-state index contributed by atoms with van der Waals surface area (Å²) in [7, 11) is 0. The number of likely N-dealkylation sites (tertiary alicyclic amines) is 1. The van der Waals surface area contributed by atoms with E-state index in [4.69, 9.17) is 9.94 Å². The number of amides is 1. The molecule has 0 aliphatic carbocycles. The summed E-state index contributed by atoms with van der Waals surface area (Å²) in [6.45, 7) is 1.92. The number of hydrogen-bond donors (Lipinski definition) is 2. The van der Waals surface area contributed by atoms with Crippen molar-refractivity contribution in [3.63, 3.8) is 0 Å². The Morgan fingerprint density at radius 1 is 1.32 bits per heavy atom. The van der Waals surface area contributed by atoms with Crippen LogP contribution in [0.1, 0.15) is 30.1 Å². The second-order valence-electron chi connectivity index (χ2n) is 5.12. The van der Waals surface area contributed by atoms with E-state index in [0.717, 1.165) is 0 Å². The Bertz CT molecular complexity index is 560. The zero-order valence-corrected chi connectivity index (χ0v) is 12.2. The first-order chi connectivity index (χ1) is 10.5. The molecule has 0 unspecified atom stereocenters. The molecule has 1 fully saturated rings. The van der Waals surface area contributed by atoms with Gasteiger partial charge in [-0.2, -0.15) is 0 Å². The van der Waals surface area contributed by atoms with Crippen molar-refractivity contribution in [2.45, 2.75) is 31.8 Å². The largest absolute Gasteiger partial charge is 0.480 e. The fourth-order valence-electron chi connectivity index (χ4n) is 2.36. The van der Waals surface area contributed by atoms with E-state index in [-0.39, 0.29) is 0 Å². The highest BCUT2D eigenvalue weighted by molar-refractivity contribution is 5.90. The van der Waals surface area contributed by atoms with Crippen molar-refractivity contribution in [1.29, 1.82) is 0 Å². The number of nitrogens with one attached hydrogen (secondary N) is 1. The Balaban J connectivity index is 1.89. The number of carbonyl (C=O) groups excluding carboxylic acids is 2. The quantitative estimate of drug-likeness (QED) is 0.782. The first-order valence-corrected chi connectivity index (χ1v) is 7.05. The van der Waals surface area contributed by atoms with Gasteiger partial charge in [0, 0.05) is 6.54 Å². The molecule has 1 saturated heterocycles. The van der Waals surface area contributed by atoms with Gasteiger partial charge in [0.2, 0.25) is 5.91 Å². The normalized spacial score (nSPS) is 18.8. The minimum absolute atomic E-state index is 0.360. The second-order valence-corrected chi connectivity index (χ2v) is 5.12. The average molecular weight is 306 g/mol. The fourth-order valence-corrected chi connectivity index (χ4v) is 2.36. The Morgan fingerprint density at radius 3 is 2.64 bits per heavy atom. The summed E-state index contributed by atoms with van der Waals surface area (Å²) in [5, 5.41) is 9.08. The van der Waals surface area contributed by atoms with Crippen molar-refractivity contribution in [2.24, 2.45) is 0 Å². The number of hydrogen-bond acceptors (Lipinski definition) is 5. The molecule has 0 bridgehead atoms. The monoisotopic (exact) mass is 306 g/mol. The SMILES string of the molecule is C[C@H](NOC(=O)c1ccccc1)C(=O)N1CCC[C@H]1C(=O)O. The summed E-state index contributed by atoms with van der Waals surface area (Å²) >= 11 is 0. The fraction of sp³-hybridized carbons (Fsp3) is 0.400. The predicted molar refractivity (Wildman–Crippen MR) is 76.8 cm³/mol. The van der Waals surface area contributed by atoms with Crippen molar-refractivity contribution in [1.82, 2.24) is 10.4 Å². The van der Waals surface area contributed by atoms with Crippen LogP contribution >= 0.6 is 0 Å². The van der Waals surface area contributed by atoms with Gasteiger partial charge in [0.05, 0.1) is 5.56 Å². The Hall–Kier alpha value is -2.41. The molecule has 2 atom stereocenters. The second kappa shape index (κ2) is 7.04. The molecule has 7 heteroatoms. The lowest BCUT2D eigenvalue weighted by Crippen LogP contribution is -2.49. The van der Waals surface area contributed by atoms with E-state index in [0.29, 0.717) is 24.9 Å². The van der Waals surface area contributed by atoms with Crippen LogP contribution in [0.4, 0.5) is 0 Å². The van der Waals surface area contributed by atoms with Crippen LogP contribution in [0.5, 0.6) is 0 Å². The molecule has 22 heavy (non-hydrogen) atoms.